The summed E-state index contributed by atoms with van der Waals surface area (Å²) in [5.41, 5.74) is 5.66. The van der Waals surface area contributed by atoms with Crippen LogP contribution >= 0.6 is 10.6 Å². The van der Waals surface area contributed by atoms with Crippen LogP contribution in [-0.4, -0.2) is 31.3 Å². The van der Waals surface area contributed by atoms with E-state index in [9.17, 15) is 0 Å². The molecule has 0 unspecified atom stereocenters. The maximum atomic E-state index is 6.04. The third kappa shape index (κ3) is 11.5. The van der Waals surface area contributed by atoms with Crippen LogP contribution in [0.4, 0.5) is 0 Å². The Morgan fingerprint density at radius 2 is 1.14 bits per heavy atom. The summed E-state index contributed by atoms with van der Waals surface area (Å²) in [4.78, 5) is 0. The molecule has 0 radical (unpaired) electrons. The van der Waals surface area contributed by atoms with Gasteiger partial charge in [0.15, 0.2) is 0 Å². The highest BCUT2D eigenvalue weighted by Gasteiger charge is 2.19. The fourth-order valence-electron chi connectivity index (χ4n) is 2.56. The number of rotatable bonds is 16. The lowest BCUT2D eigenvalue weighted by molar-refractivity contribution is 0.274. The molecule has 0 amide bonds. The molecule has 0 heterocycles. The summed E-state index contributed by atoms with van der Waals surface area (Å²) < 4.78 is 12.1. The highest BCUT2D eigenvalue weighted by atomic mass is 32.3. The molecule has 0 saturated carbocycles. The van der Waals surface area contributed by atoms with Crippen molar-refractivity contribution in [1.82, 2.24) is 0 Å². The van der Waals surface area contributed by atoms with Crippen LogP contribution in [0.5, 0.6) is 0 Å². The third-order valence-corrected chi connectivity index (χ3v) is 6.79. The van der Waals surface area contributed by atoms with E-state index < -0.39 is 10.6 Å². The van der Waals surface area contributed by atoms with Gasteiger partial charge in [-0.15, -0.1) is 0 Å². The van der Waals surface area contributed by atoms with Crippen LogP contribution in [0.2, 0.25) is 0 Å². The topological polar surface area (TPSA) is 44.5 Å². The van der Waals surface area contributed by atoms with Crippen LogP contribution in [0.15, 0.2) is 0 Å². The Bertz CT molecular complexity index is 209. The van der Waals surface area contributed by atoms with Crippen molar-refractivity contribution in [2.75, 3.05) is 31.3 Å². The average molecular weight is 322 g/mol. The minimum atomic E-state index is -1.34. The first-order valence-corrected chi connectivity index (χ1v) is 10.8. The lowest BCUT2D eigenvalue weighted by atomic mass is 10.1. The van der Waals surface area contributed by atoms with Gasteiger partial charge in [0, 0.05) is 11.5 Å². The van der Waals surface area contributed by atoms with Gasteiger partial charge in [-0.25, -0.2) is 0 Å². The van der Waals surface area contributed by atoms with Crippen LogP contribution in [0, 0.1) is 0 Å². The summed E-state index contributed by atoms with van der Waals surface area (Å²) in [6.07, 6.45) is 11.8. The first kappa shape index (κ1) is 21.2. The van der Waals surface area contributed by atoms with Gasteiger partial charge in [0.1, 0.15) is 0 Å². The van der Waals surface area contributed by atoms with Gasteiger partial charge in [-0.3, -0.25) is 8.37 Å². The Morgan fingerprint density at radius 1 is 0.667 bits per heavy atom. The summed E-state index contributed by atoms with van der Waals surface area (Å²) >= 11 is 0. The van der Waals surface area contributed by atoms with E-state index in [-0.39, 0.29) is 0 Å². The van der Waals surface area contributed by atoms with E-state index in [4.69, 9.17) is 14.1 Å². The second kappa shape index (κ2) is 15.1. The summed E-state index contributed by atoms with van der Waals surface area (Å²) in [6.45, 7) is 8.62. The summed E-state index contributed by atoms with van der Waals surface area (Å²) in [5, 5.41) is 0. The fourth-order valence-corrected chi connectivity index (χ4v) is 5.41. The molecular weight excluding hydrogens is 282 g/mol. The van der Waals surface area contributed by atoms with E-state index in [1.807, 2.05) is 0 Å². The second-order valence-corrected chi connectivity index (χ2v) is 8.36. The summed E-state index contributed by atoms with van der Waals surface area (Å²) in [7, 11) is -1.34. The molecule has 0 aromatic carbocycles. The normalized spacial score (nSPS) is 12.8. The van der Waals surface area contributed by atoms with Crippen LogP contribution in [0.25, 0.3) is 0 Å². The summed E-state index contributed by atoms with van der Waals surface area (Å²) in [5.74, 6) is 2.09. The molecular formula is C17H39NO2S. The van der Waals surface area contributed by atoms with E-state index in [0.717, 1.165) is 37.7 Å². The first-order chi connectivity index (χ1) is 10.2. The smallest absolute Gasteiger partial charge is 0.0685 e. The second-order valence-electron chi connectivity index (χ2n) is 5.58. The van der Waals surface area contributed by atoms with Gasteiger partial charge < -0.3 is 5.73 Å². The van der Waals surface area contributed by atoms with Crippen molar-refractivity contribution < 1.29 is 8.37 Å². The van der Waals surface area contributed by atoms with Crippen LogP contribution in [0.3, 0.4) is 0 Å². The van der Waals surface area contributed by atoms with E-state index in [1.54, 1.807) is 0 Å². The molecule has 3 nitrogen and oxygen atoms in total. The van der Waals surface area contributed by atoms with Gasteiger partial charge >= 0.3 is 0 Å². The van der Waals surface area contributed by atoms with Crippen molar-refractivity contribution in [2.45, 2.75) is 78.6 Å². The van der Waals surface area contributed by atoms with Gasteiger partial charge in [-0.05, 0) is 33.2 Å². The summed E-state index contributed by atoms with van der Waals surface area (Å²) in [6, 6.07) is 0. The van der Waals surface area contributed by atoms with Gasteiger partial charge in [-0.2, -0.15) is 10.6 Å². The van der Waals surface area contributed by atoms with Crippen molar-refractivity contribution in [2.24, 2.45) is 5.73 Å². The number of unbranched alkanes of at least 4 members (excludes halogenated alkanes) is 7. The molecule has 21 heavy (non-hydrogen) atoms. The lowest BCUT2D eigenvalue weighted by Gasteiger charge is -2.43. The minimum Gasteiger partial charge on any atom is -0.330 e. The van der Waals surface area contributed by atoms with E-state index in [2.05, 4.69) is 20.8 Å². The van der Waals surface area contributed by atoms with Crippen molar-refractivity contribution in [3.8, 4) is 0 Å². The molecule has 2 N–H and O–H groups in total. The number of hydrogen-bond acceptors (Lipinski definition) is 3. The van der Waals surface area contributed by atoms with E-state index in [1.165, 1.54) is 51.4 Å². The Hall–Kier alpha value is 0.230. The van der Waals surface area contributed by atoms with Gasteiger partial charge in [0.25, 0.3) is 0 Å². The maximum absolute atomic E-state index is 6.04. The Kier molecular flexibility index (Phi) is 15.3. The van der Waals surface area contributed by atoms with Gasteiger partial charge in [-0.1, -0.05) is 51.9 Å². The molecule has 130 valence electrons. The van der Waals surface area contributed by atoms with Crippen molar-refractivity contribution >= 4 is 10.6 Å². The molecule has 0 saturated heterocycles. The van der Waals surface area contributed by atoms with Crippen LogP contribution < -0.4 is 5.73 Å². The molecule has 0 aliphatic carbocycles. The lowest BCUT2D eigenvalue weighted by Crippen LogP contribution is -2.19. The fraction of sp³-hybridized carbons (Fsp3) is 1.00. The Labute approximate surface area is 135 Å². The molecule has 4 heteroatoms. The average Bonchev–Trinajstić information content (AvgIpc) is 2.48. The molecule has 0 atom stereocenters. The predicted octanol–water partition coefficient (Wildman–Crippen LogP) is 5.18. The zero-order valence-electron chi connectivity index (χ0n) is 14.7. The first-order valence-electron chi connectivity index (χ1n) is 9.02. The van der Waals surface area contributed by atoms with E-state index >= 15 is 0 Å². The highest BCUT2D eigenvalue weighted by molar-refractivity contribution is 8.25. The predicted molar refractivity (Wildman–Crippen MR) is 96.9 cm³/mol. The van der Waals surface area contributed by atoms with Gasteiger partial charge in [0.2, 0.25) is 0 Å². The Morgan fingerprint density at radius 3 is 1.62 bits per heavy atom. The molecule has 0 aliphatic rings. The maximum Gasteiger partial charge on any atom is 0.0685 e. The SMILES string of the molecule is CCCCCCCCCCS(CCCN)(OCC)OCC. The zero-order valence-corrected chi connectivity index (χ0v) is 15.5. The largest absolute Gasteiger partial charge is 0.330 e. The van der Waals surface area contributed by atoms with Crippen LogP contribution in [-0.2, 0) is 8.37 Å². The molecule has 0 aliphatic heterocycles. The quantitative estimate of drug-likeness (QED) is 0.398. The van der Waals surface area contributed by atoms with Gasteiger partial charge in [0.05, 0.1) is 13.2 Å². The van der Waals surface area contributed by atoms with Crippen molar-refractivity contribution in [1.29, 1.82) is 0 Å². The standard InChI is InChI=1S/C17H39NO2S/c1-4-7-8-9-10-11-12-13-16-21(19-5-2,20-6-3)17-14-15-18/h4-18H2,1-3H3. The molecule has 0 bridgehead atoms. The van der Waals surface area contributed by atoms with Crippen LogP contribution in [0.1, 0.15) is 78.6 Å². The third-order valence-electron chi connectivity index (χ3n) is 3.63. The molecule has 0 rings (SSSR count). The van der Waals surface area contributed by atoms with Crippen molar-refractivity contribution in [3.05, 3.63) is 0 Å². The molecule has 0 fully saturated rings. The number of hydrogen-bond donors (Lipinski definition) is 1. The molecule has 0 spiro atoms. The van der Waals surface area contributed by atoms with E-state index in [0.29, 0.717) is 0 Å². The van der Waals surface area contributed by atoms with Crippen molar-refractivity contribution in [3.63, 3.8) is 0 Å². The Balaban J connectivity index is 3.92. The molecule has 0 aromatic rings. The zero-order chi connectivity index (χ0) is 15.8. The monoisotopic (exact) mass is 321 g/mol. The molecule has 0 aromatic heterocycles. The number of nitrogens with two attached hydrogens (primary N) is 1. The highest BCUT2D eigenvalue weighted by Crippen LogP contribution is 2.51. The minimum absolute atomic E-state index is 0.728.